The van der Waals surface area contributed by atoms with Crippen LogP contribution in [0.1, 0.15) is 35.2 Å². The number of hydrogen-bond donors (Lipinski definition) is 2. The van der Waals surface area contributed by atoms with Gasteiger partial charge in [-0.15, -0.1) is 0 Å². The van der Waals surface area contributed by atoms with E-state index < -0.39 is 41.8 Å². The molecule has 4 rings (SSSR count). The van der Waals surface area contributed by atoms with E-state index in [-0.39, 0.29) is 47.9 Å². The minimum absolute atomic E-state index is 0.0492. The van der Waals surface area contributed by atoms with Crippen molar-refractivity contribution in [3.8, 4) is 0 Å². The van der Waals surface area contributed by atoms with Crippen molar-refractivity contribution in [2.24, 2.45) is 5.11 Å². The van der Waals surface area contributed by atoms with Crippen LogP contribution in [-0.4, -0.2) is 76.8 Å². The average molecular weight is 645 g/mol. The van der Waals surface area contributed by atoms with Gasteiger partial charge in [0.05, 0.1) is 18.6 Å². The van der Waals surface area contributed by atoms with Gasteiger partial charge in [-0.2, -0.15) is 38.1 Å². The van der Waals surface area contributed by atoms with Crippen LogP contribution in [0.2, 0.25) is 0 Å². The summed E-state index contributed by atoms with van der Waals surface area (Å²) in [5.41, 5.74) is 2.02. The first kappa shape index (κ1) is 33.0. The number of urea groups is 1. The molecule has 0 spiro atoms. The van der Waals surface area contributed by atoms with Crippen molar-refractivity contribution in [2.75, 3.05) is 29.5 Å². The van der Waals surface area contributed by atoms with Crippen LogP contribution in [0.4, 0.5) is 42.5 Å². The molecule has 2 aliphatic heterocycles. The number of thioether (sulfide) groups is 1. The molecule has 10 nitrogen and oxygen atoms in total. The second-order valence-electron chi connectivity index (χ2n) is 10.2. The van der Waals surface area contributed by atoms with Gasteiger partial charge in [-0.05, 0) is 30.5 Å². The highest BCUT2D eigenvalue weighted by Gasteiger charge is 2.71. The third-order valence-corrected chi connectivity index (χ3v) is 8.60. The number of unbranched alkanes of at least 4 members (excludes halogenated alkanes) is 1. The molecule has 2 atom stereocenters. The molecule has 0 saturated carbocycles. The van der Waals surface area contributed by atoms with Crippen LogP contribution in [0.25, 0.3) is 10.4 Å². The molecule has 2 heterocycles. The number of azide groups is 1. The molecule has 236 valence electrons. The van der Waals surface area contributed by atoms with Crippen LogP contribution < -0.4 is 10.2 Å². The van der Waals surface area contributed by atoms with E-state index in [4.69, 9.17) is 5.53 Å². The lowest BCUT2D eigenvalue weighted by atomic mass is 9.92. The maximum atomic E-state index is 13.4. The minimum Gasteiger partial charge on any atom is -0.369 e. The molecule has 17 heteroatoms. The lowest BCUT2D eigenvalue weighted by Crippen LogP contribution is -2.53. The first-order valence-electron chi connectivity index (χ1n) is 13.3. The van der Waals surface area contributed by atoms with Crippen LogP contribution in [0.15, 0.2) is 53.6 Å². The summed E-state index contributed by atoms with van der Waals surface area (Å²) < 4.78 is 80.1. The number of nitrogens with one attached hydrogen (secondary N) is 1. The van der Waals surface area contributed by atoms with Crippen molar-refractivity contribution in [3.05, 3.63) is 70.1 Å². The van der Waals surface area contributed by atoms with Gasteiger partial charge in [-0.25, -0.2) is 4.79 Å². The zero-order chi connectivity index (χ0) is 32.3. The van der Waals surface area contributed by atoms with Gasteiger partial charge in [0.25, 0.3) is 5.60 Å². The lowest BCUT2D eigenvalue weighted by molar-refractivity contribution is -0.376. The normalized spacial score (nSPS) is 18.4. The number of carbonyl (C=O) groups excluding carboxylic acids is 3. The minimum atomic E-state index is -6.09. The third kappa shape index (κ3) is 6.74. The number of carbonyl (C=O) groups is 3. The number of halogens is 6. The molecule has 44 heavy (non-hydrogen) atoms. The largest absolute Gasteiger partial charge is 0.430 e. The Morgan fingerprint density at radius 2 is 1.66 bits per heavy atom. The van der Waals surface area contributed by atoms with Gasteiger partial charge in [0.15, 0.2) is 5.78 Å². The molecule has 2 saturated heterocycles. The van der Waals surface area contributed by atoms with Gasteiger partial charge in [0.2, 0.25) is 5.91 Å². The highest BCUT2D eigenvalue weighted by molar-refractivity contribution is 7.99. The summed E-state index contributed by atoms with van der Waals surface area (Å²) in [6.07, 6.45) is -11.6. The predicted octanol–water partition coefficient (Wildman–Crippen LogP) is 5.84. The molecule has 0 aromatic heterocycles. The van der Waals surface area contributed by atoms with Gasteiger partial charge >= 0.3 is 18.4 Å². The number of hydrogen-bond acceptors (Lipinski definition) is 6. The van der Waals surface area contributed by atoms with Crippen LogP contribution in [-0.2, 0) is 10.4 Å². The summed E-state index contributed by atoms with van der Waals surface area (Å²) in [7, 11) is 0. The van der Waals surface area contributed by atoms with Crippen molar-refractivity contribution in [1.82, 2.24) is 10.2 Å². The fraction of sp³-hybridized carbons (Fsp3) is 0.444. The molecular formula is C27H26F6N6O4S. The second-order valence-corrected chi connectivity index (χ2v) is 11.3. The number of amides is 3. The van der Waals surface area contributed by atoms with Crippen molar-refractivity contribution in [2.45, 2.75) is 49.3 Å². The van der Waals surface area contributed by atoms with E-state index in [1.165, 1.54) is 24.3 Å². The maximum Gasteiger partial charge on any atom is 0.430 e. The predicted molar refractivity (Wildman–Crippen MR) is 148 cm³/mol. The standard InChI is InChI=1S/C27H26F6N6O4S/c28-26(29,30)25(43,27(31,32)33)17-6-10-19(11-7-17)39(13-22(40)16-4-8-18(9-5-16)36-37-34)23(41)3-1-2-12-38-21-15-44-14-20(21)35-24(38)42/h4-11,20-21,43H,1-3,12-15H2,(H,35,42). The Morgan fingerprint density at radius 1 is 1.02 bits per heavy atom. The van der Waals surface area contributed by atoms with E-state index in [1.54, 1.807) is 16.7 Å². The van der Waals surface area contributed by atoms with E-state index in [0.29, 0.717) is 25.1 Å². The molecule has 2 aromatic carbocycles. The number of anilines is 1. The van der Waals surface area contributed by atoms with E-state index in [1.807, 2.05) is 0 Å². The van der Waals surface area contributed by atoms with Gasteiger partial charge < -0.3 is 20.2 Å². The van der Waals surface area contributed by atoms with E-state index in [9.17, 15) is 45.8 Å². The fourth-order valence-electron chi connectivity index (χ4n) is 5.04. The van der Waals surface area contributed by atoms with E-state index in [2.05, 4.69) is 15.3 Å². The number of alkyl halides is 6. The third-order valence-electron chi connectivity index (χ3n) is 7.43. The van der Waals surface area contributed by atoms with Crippen molar-refractivity contribution in [1.29, 1.82) is 0 Å². The van der Waals surface area contributed by atoms with Gasteiger partial charge in [-0.1, -0.05) is 41.5 Å². The zero-order valence-electron chi connectivity index (χ0n) is 22.8. The topological polar surface area (TPSA) is 139 Å². The van der Waals surface area contributed by atoms with Crippen molar-refractivity contribution in [3.63, 3.8) is 0 Å². The Balaban J connectivity index is 1.52. The van der Waals surface area contributed by atoms with E-state index in [0.717, 1.165) is 28.5 Å². The molecule has 2 unspecified atom stereocenters. The molecule has 3 amide bonds. The van der Waals surface area contributed by atoms with Gasteiger partial charge in [-0.3, -0.25) is 9.59 Å². The molecule has 2 aliphatic rings. The number of ketones is 1. The number of aliphatic hydroxyl groups is 1. The zero-order valence-corrected chi connectivity index (χ0v) is 23.6. The van der Waals surface area contributed by atoms with Crippen molar-refractivity contribution >= 4 is 40.9 Å². The number of rotatable bonds is 11. The van der Waals surface area contributed by atoms with Crippen LogP contribution in [0, 0.1) is 0 Å². The molecular weight excluding hydrogens is 618 g/mol. The first-order chi connectivity index (χ1) is 20.7. The molecule has 0 aliphatic carbocycles. The number of benzene rings is 2. The van der Waals surface area contributed by atoms with Crippen LogP contribution in [0.5, 0.6) is 0 Å². The van der Waals surface area contributed by atoms with Crippen molar-refractivity contribution < 1.29 is 45.8 Å². The average Bonchev–Trinajstić information content (AvgIpc) is 3.53. The Bertz CT molecular complexity index is 1420. The quantitative estimate of drug-likeness (QED) is 0.0603. The highest BCUT2D eigenvalue weighted by Crippen LogP contribution is 2.50. The monoisotopic (exact) mass is 644 g/mol. The summed E-state index contributed by atoms with van der Waals surface area (Å²) in [5.74, 6) is 0.343. The Morgan fingerprint density at radius 3 is 2.25 bits per heavy atom. The first-order valence-corrected chi connectivity index (χ1v) is 14.4. The summed E-state index contributed by atoms with van der Waals surface area (Å²) in [4.78, 5) is 43.9. The second kappa shape index (κ2) is 13.0. The van der Waals surface area contributed by atoms with Crippen LogP contribution in [0.3, 0.4) is 0 Å². The highest BCUT2D eigenvalue weighted by atomic mass is 32.2. The molecule has 0 bridgehead atoms. The number of Topliss-reactive ketones (excluding diaryl/α,β-unsaturated/α-hetero) is 1. The molecule has 2 fully saturated rings. The molecule has 0 radical (unpaired) electrons. The Kier molecular flexibility index (Phi) is 9.71. The maximum absolute atomic E-state index is 13.4. The summed E-state index contributed by atoms with van der Waals surface area (Å²) in [6.45, 7) is -0.239. The summed E-state index contributed by atoms with van der Waals surface area (Å²) >= 11 is 1.72. The molecule has 2 aromatic rings. The summed E-state index contributed by atoms with van der Waals surface area (Å²) in [5, 5.41) is 16.0. The smallest absolute Gasteiger partial charge is 0.369 e. The summed E-state index contributed by atoms with van der Waals surface area (Å²) in [6, 6.07) is 7.68. The Hall–Kier alpha value is -3.95. The fourth-order valence-corrected chi connectivity index (χ4v) is 6.38. The van der Waals surface area contributed by atoms with Gasteiger partial charge in [0, 0.05) is 51.9 Å². The molecule has 2 N–H and O–H groups in total. The SMILES string of the molecule is [N-]=[N+]=Nc1ccc(C(=O)CN(C(=O)CCCCN2C(=O)NC3CSCC32)c2ccc(C(O)(C(F)(F)F)C(F)(F)F)cc2)cc1. The Labute approximate surface area is 251 Å². The number of fused-ring (bicyclic) bond motifs is 1. The van der Waals surface area contributed by atoms with E-state index >= 15 is 0 Å². The van der Waals surface area contributed by atoms with Gasteiger partial charge in [0.1, 0.15) is 0 Å². The van der Waals surface area contributed by atoms with Crippen LogP contribution >= 0.6 is 11.8 Å². The lowest BCUT2D eigenvalue weighted by Gasteiger charge is -2.33. The number of nitrogens with zero attached hydrogens (tertiary/aromatic N) is 5.